The van der Waals surface area contributed by atoms with E-state index in [-0.39, 0.29) is 12.5 Å². The van der Waals surface area contributed by atoms with Crippen LogP contribution in [0.4, 0.5) is 4.79 Å². The van der Waals surface area contributed by atoms with Gasteiger partial charge in [-0.05, 0) is 5.56 Å². The van der Waals surface area contributed by atoms with Crippen molar-refractivity contribution in [3.8, 4) is 0 Å². The Hall–Kier alpha value is -2.08. The fourth-order valence-electron chi connectivity index (χ4n) is 2.12. The van der Waals surface area contributed by atoms with Crippen molar-refractivity contribution in [3.05, 3.63) is 35.9 Å². The second-order valence-electron chi connectivity index (χ2n) is 4.87. The molecule has 2 rings (SSSR count). The molecule has 6 nitrogen and oxygen atoms in total. The van der Waals surface area contributed by atoms with Gasteiger partial charge in [-0.1, -0.05) is 30.3 Å². The second kappa shape index (κ2) is 8.26. The van der Waals surface area contributed by atoms with Gasteiger partial charge >= 0.3 is 6.09 Å². The summed E-state index contributed by atoms with van der Waals surface area (Å²) in [6.07, 6.45) is -0.188. The van der Waals surface area contributed by atoms with E-state index in [0.717, 1.165) is 31.7 Å². The molecule has 1 aromatic carbocycles. The van der Waals surface area contributed by atoms with Gasteiger partial charge in [-0.15, -0.1) is 0 Å². The molecule has 0 atom stereocenters. The van der Waals surface area contributed by atoms with Crippen LogP contribution in [0.2, 0.25) is 0 Å². The first-order valence-corrected chi connectivity index (χ1v) is 7.19. The molecular formula is C15H21N3O3. The van der Waals surface area contributed by atoms with Crippen molar-refractivity contribution in [3.63, 3.8) is 0 Å². The third-order valence-corrected chi connectivity index (χ3v) is 3.29. The van der Waals surface area contributed by atoms with Crippen LogP contribution < -0.4 is 10.6 Å². The lowest BCUT2D eigenvalue weighted by molar-refractivity contribution is -0.131. The van der Waals surface area contributed by atoms with E-state index in [0.29, 0.717) is 13.0 Å². The van der Waals surface area contributed by atoms with Gasteiger partial charge in [0.2, 0.25) is 5.91 Å². The van der Waals surface area contributed by atoms with E-state index < -0.39 is 6.09 Å². The molecule has 2 amide bonds. The van der Waals surface area contributed by atoms with E-state index >= 15 is 0 Å². The topological polar surface area (TPSA) is 70.7 Å². The Morgan fingerprint density at radius 1 is 1.19 bits per heavy atom. The summed E-state index contributed by atoms with van der Waals surface area (Å²) in [7, 11) is 0. The highest BCUT2D eigenvalue weighted by Gasteiger charge is 2.15. The zero-order valence-corrected chi connectivity index (χ0v) is 12.0. The number of piperazine rings is 1. The van der Waals surface area contributed by atoms with Gasteiger partial charge in [-0.25, -0.2) is 4.79 Å². The van der Waals surface area contributed by atoms with Crippen LogP contribution in [0.15, 0.2) is 30.3 Å². The number of hydrogen-bond acceptors (Lipinski definition) is 4. The smallest absolute Gasteiger partial charge is 0.407 e. The summed E-state index contributed by atoms with van der Waals surface area (Å²) in [5, 5.41) is 5.79. The van der Waals surface area contributed by atoms with Crippen molar-refractivity contribution >= 4 is 12.0 Å². The Labute approximate surface area is 124 Å². The Morgan fingerprint density at radius 3 is 2.62 bits per heavy atom. The minimum Gasteiger partial charge on any atom is -0.445 e. The number of amides is 2. The minimum absolute atomic E-state index is 0.0693. The predicted molar refractivity (Wildman–Crippen MR) is 78.7 cm³/mol. The summed E-state index contributed by atoms with van der Waals surface area (Å²) in [6.45, 7) is 3.67. The maximum absolute atomic E-state index is 11.9. The van der Waals surface area contributed by atoms with Gasteiger partial charge in [0.25, 0.3) is 0 Å². The van der Waals surface area contributed by atoms with Crippen molar-refractivity contribution in [2.75, 3.05) is 32.7 Å². The number of nitrogens with zero attached hydrogens (tertiary/aromatic N) is 1. The second-order valence-corrected chi connectivity index (χ2v) is 4.87. The van der Waals surface area contributed by atoms with Gasteiger partial charge in [0.15, 0.2) is 0 Å². The number of hydrogen-bond donors (Lipinski definition) is 2. The molecule has 21 heavy (non-hydrogen) atoms. The molecule has 0 spiro atoms. The maximum Gasteiger partial charge on any atom is 0.407 e. The molecule has 0 aromatic heterocycles. The Kier molecular flexibility index (Phi) is 6.02. The fraction of sp³-hybridized carbons (Fsp3) is 0.467. The summed E-state index contributed by atoms with van der Waals surface area (Å²) < 4.78 is 5.07. The summed E-state index contributed by atoms with van der Waals surface area (Å²) in [5.41, 5.74) is 0.935. The standard InChI is InChI=1S/C15H21N3O3/c19-14(18-10-8-16-9-11-18)6-7-17-15(20)21-12-13-4-2-1-3-5-13/h1-5,16H,6-12H2,(H,17,20). The number of carbonyl (C=O) groups excluding carboxylic acids is 2. The van der Waals surface area contributed by atoms with Gasteiger partial charge < -0.3 is 20.3 Å². The van der Waals surface area contributed by atoms with E-state index in [1.54, 1.807) is 0 Å². The number of rotatable bonds is 5. The molecule has 1 fully saturated rings. The molecule has 1 aromatic rings. The van der Waals surface area contributed by atoms with Crippen LogP contribution in [0.3, 0.4) is 0 Å². The maximum atomic E-state index is 11.9. The van der Waals surface area contributed by atoms with Gasteiger partial charge in [0, 0.05) is 39.1 Å². The minimum atomic E-state index is -0.494. The van der Waals surface area contributed by atoms with E-state index in [9.17, 15) is 9.59 Å². The average Bonchev–Trinajstić information content (AvgIpc) is 2.54. The van der Waals surface area contributed by atoms with E-state index in [2.05, 4.69) is 10.6 Å². The summed E-state index contributed by atoms with van der Waals surface area (Å²) in [6, 6.07) is 9.47. The summed E-state index contributed by atoms with van der Waals surface area (Å²) in [4.78, 5) is 25.2. The SMILES string of the molecule is O=C(NCCC(=O)N1CCNCC1)OCc1ccccc1. The van der Waals surface area contributed by atoms with Crippen LogP contribution in [0, 0.1) is 0 Å². The molecule has 1 aliphatic rings. The number of nitrogens with one attached hydrogen (secondary N) is 2. The molecule has 6 heteroatoms. The predicted octanol–water partition coefficient (Wildman–Crippen LogP) is 0.735. The van der Waals surface area contributed by atoms with Gasteiger partial charge in [0.1, 0.15) is 6.61 Å². The van der Waals surface area contributed by atoms with Crippen molar-refractivity contribution < 1.29 is 14.3 Å². The van der Waals surface area contributed by atoms with Crippen LogP contribution >= 0.6 is 0 Å². The Balaban J connectivity index is 1.59. The lowest BCUT2D eigenvalue weighted by atomic mass is 10.2. The molecule has 0 radical (unpaired) electrons. The quantitative estimate of drug-likeness (QED) is 0.839. The highest BCUT2D eigenvalue weighted by molar-refractivity contribution is 5.77. The van der Waals surface area contributed by atoms with Crippen molar-refractivity contribution in [1.29, 1.82) is 0 Å². The molecule has 114 valence electrons. The van der Waals surface area contributed by atoms with Crippen molar-refractivity contribution in [2.24, 2.45) is 0 Å². The number of alkyl carbamates (subject to hydrolysis) is 1. The van der Waals surface area contributed by atoms with Crippen molar-refractivity contribution in [2.45, 2.75) is 13.0 Å². The van der Waals surface area contributed by atoms with Gasteiger partial charge in [0.05, 0.1) is 0 Å². The lowest BCUT2D eigenvalue weighted by Gasteiger charge is -2.27. The normalized spacial score (nSPS) is 14.6. The van der Waals surface area contributed by atoms with Crippen LogP contribution in [0.25, 0.3) is 0 Å². The van der Waals surface area contributed by atoms with E-state index in [4.69, 9.17) is 4.74 Å². The lowest BCUT2D eigenvalue weighted by Crippen LogP contribution is -2.47. The monoisotopic (exact) mass is 291 g/mol. The first-order valence-electron chi connectivity index (χ1n) is 7.19. The van der Waals surface area contributed by atoms with E-state index in [1.807, 2.05) is 35.2 Å². The average molecular weight is 291 g/mol. The zero-order chi connectivity index (χ0) is 14.9. The highest BCUT2D eigenvalue weighted by atomic mass is 16.5. The number of ether oxygens (including phenoxy) is 1. The van der Waals surface area contributed by atoms with Crippen LogP contribution in [0.1, 0.15) is 12.0 Å². The molecular weight excluding hydrogens is 270 g/mol. The number of carbonyl (C=O) groups is 2. The molecule has 1 saturated heterocycles. The zero-order valence-electron chi connectivity index (χ0n) is 12.0. The van der Waals surface area contributed by atoms with Crippen LogP contribution in [0.5, 0.6) is 0 Å². The van der Waals surface area contributed by atoms with E-state index in [1.165, 1.54) is 0 Å². The molecule has 0 unspecified atom stereocenters. The van der Waals surface area contributed by atoms with Gasteiger partial charge in [-0.2, -0.15) is 0 Å². The molecule has 1 heterocycles. The highest BCUT2D eigenvalue weighted by Crippen LogP contribution is 2.00. The molecule has 0 aliphatic carbocycles. The summed E-state index contributed by atoms with van der Waals surface area (Å²) in [5.74, 6) is 0.0693. The molecule has 2 N–H and O–H groups in total. The van der Waals surface area contributed by atoms with Crippen LogP contribution in [-0.4, -0.2) is 49.6 Å². The Morgan fingerprint density at radius 2 is 1.90 bits per heavy atom. The largest absolute Gasteiger partial charge is 0.445 e. The number of benzene rings is 1. The first-order chi connectivity index (χ1) is 10.3. The van der Waals surface area contributed by atoms with Crippen molar-refractivity contribution in [1.82, 2.24) is 15.5 Å². The molecule has 1 aliphatic heterocycles. The van der Waals surface area contributed by atoms with Gasteiger partial charge in [-0.3, -0.25) is 4.79 Å². The third-order valence-electron chi connectivity index (χ3n) is 3.29. The third kappa shape index (κ3) is 5.43. The fourth-order valence-corrected chi connectivity index (χ4v) is 2.12. The molecule has 0 bridgehead atoms. The Bertz CT molecular complexity index is 458. The molecule has 0 saturated carbocycles. The summed E-state index contributed by atoms with van der Waals surface area (Å²) >= 11 is 0. The van der Waals surface area contributed by atoms with Crippen LogP contribution in [-0.2, 0) is 16.1 Å². The first kappa shape index (κ1) is 15.3.